The number of anilines is 6. The molecule has 1 aromatic heterocycles. The summed E-state index contributed by atoms with van der Waals surface area (Å²) in [5, 5.41) is 11.4. The second kappa shape index (κ2) is 17.0. The normalized spacial score (nSPS) is 13.3. The van der Waals surface area contributed by atoms with Gasteiger partial charge in [-0.15, -0.1) is 0 Å². The van der Waals surface area contributed by atoms with Crippen molar-refractivity contribution in [2.75, 3.05) is 9.80 Å². The lowest BCUT2D eigenvalue weighted by molar-refractivity contribution is 1.02. The zero-order valence-corrected chi connectivity index (χ0v) is 41.7. The van der Waals surface area contributed by atoms with Gasteiger partial charge in [0.1, 0.15) is 0 Å². The third-order valence-corrected chi connectivity index (χ3v) is 16.5. The van der Waals surface area contributed by atoms with Crippen molar-refractivity contribution in [3.63, 3.8) is 0 Å². The molecule has 2 aliphatic heterocycles. The number of hydrogen-bond acceptors (Lipinski definition) is 2. The molecule has 0 fully saturated rings. The molecule has 4 heteroatoms. The van der Waals surface area contributed by atoms with E-state index >= 15 is 0 Å². The Morgan fingerprint density at radius 2 is 0.855 bits per heavy atom. The standard InChI is InChI=1S/C72H48BN3/c1-3-22-51(23-4-1)74-66-37-18-15-34-62(66)73-63-43-42-53(76-64-35-16-13-27-56(64)57-28-14-17-36-65(57)76)46-67(63)75(52-24-5-2-6-25-52)69-45-50(44-68(74)72(69)73)71-60-31-11-9-29-58(60)70(59-30-10-12-32-61(59)71)49-40-38-48(39-41-49)55-33-19-21-47-20-7-8-26-54(47)55/h1-13,15-16,18-46H,14,17H2. The minimum Gasteiger partial charge on any atom is -0.311 e. The highest BCUT2D eigenvalue weighted by molar-refractivity contribution is 7.00. The van der Waals surface area contributed by atoms with Crippen LogP contribution in [0.5, 0.6) is 0 Å². The third kappa shape index (κ3) is 6.37. The van der Waals surface area contributed by atoms with Crippen molar-refractivity contribution >= 4 is 113 Å². The van der Waals surface area contributed by atoms with E-state index in [1.807, 2.05) is 0 Å². The maximum atomic E-state index is 2.57. The van der Waals surface area contributed by atoms with Crippen LogP contribution in [-0.4, -0.2) is 11.3 Å². The molecule has 13 aromatic rings. The van der Waals surface area contributed by atoms with Crippen molar-refractivity contribution in [3.8, 4) is 39.1 Å². The van der Waals surface area contributed by atoms with Gasteiger partial charge in [0.25, 0.3) is 6.71 Å². The highest BCUT2D eigenvalue weighted by Crippen LogP contribution is 2.50. The van der Waals surface area contributed by atoms with Gasteiger partial charge in [-0.25, -0.2) is 0 Å². The van der Waals surface area contributed by atoms with E-state index in [0.29, 0.717) is 0 Å². The Labute approximate surface area is 441 Å². The number of hydrogen-bond donors (Lipinski definition) is 0. The van der Waals surface area contributed by atoms with Crippen LogP contribution in [0.4, 0.5) is 34.1 Å². The SMILES string of the molecule is C1=c2c(n(-c3ccc4c(c3)N(c3ccccc3)c3cc(-c5c6ccccc6c(-c6ccc(-c7cccc8ccccc78)cc6)c6ccccc56)cc5c3B4c3ccccc3N5c3ccccc3)c3ccccc23)=CCC1. The molecule has 3 aliphatic rings. The minimum atomic E-state index is -0.0258. The highest BCUT2D eigenvalue weighted by Gasteiger charge is 2.44. The molecule has 0 radical (unpaired) electrons. The van der Waals surface area contributed by atoms with Crippen LogP contribution >= 0.6 is 0 Å². The van der Waals surface area contributed by atoms with Gasteiger partial charge < -0.3 is 14.4 Å². The lowest BCUT2D eigenvalue weighted by atomic mass is 9.33. The summed E-state index contributed by atoms with van der Waals surface area (Å²) >= 11 is 0. The summed E-state index contributed by atoms with van der Waals surface area (Å²) in [5.41, 5.74) is 20.6. The topological polar surface area (TPSA) is 11.4 Å². The third-order valence-electron chi connectivity index (χ3n) is 16.5. The van der Waals surface area contributed by atoms with E-state index < -0.39 is 0 Å². The Morgan fingerprint density at radius 1 is 0.329 bits per heavy atom. The summed E-state index contributed by atoms with van der Waals surface area (Å²) in [5.74, 6) is 0. The van der Waals surface area contributed by atoms with Crippen molar-refractivity contribution in [3.05, 3.63) is 265 Å². The molecule has 0 bridgehead atoms. The van der Waals surface area contributed by atoms with Crippen LogP contribution in [0, 0.1) is 0 Å². The van der Waals surface area contributed by atoms with E-state index in [-0.39, 0.29) is 6.71 Å². The number of nitrogens with zero attached hydrogens (tertiary/aromatic N) is 3. The summed E-state index contributed by atoms with van der Waals surface area (Å²) in [6.45, 7) is -0.0258. The first kappa shape index (κ1) is 42.8. The van der Waals surface area contributed by atoms with Gasteiger partial charge in [0.05, 0.1) is 5.52 Å². The Balaban J connectivity index is 0.973. The van der Waals surface area contributed by atoms with Crippen molar-refractivity contribution in [1.29, 1.82) is 0 Å². The molecule has 3 heterocycles. The molecule has 0 saturated carbocycles. The molecule has 0 N–H and O–H groups in total. The van der Waals surface area contributed by atoms with E-state index in [2.05, 4.69) is 281 Å². The lowest BCUT2D eigenvalue weighted by Crippen LogP contribution is -2.61. The predicted molar refractivity (Wildman–Crippen MR) is 324 cm³/mol. The molecule has 1 aliphatic carbocycles. The molecule has 16 rings (SSSR count). The number of fused-ring (bicyclic) bond motifs is 10. The zero-order chi connectivity index (χ0) is 49.8. The molecule has 0 unspecified atom stereocenters. The van der Waals surface area contributed by atoms with Crippen molar-refractivity contribution in [2.24, 2.45) is 0 Å². The van der Waals surface area contributed by atoms with Gasteiger partial charge in [0, 0.05) is 55.8 Å². The fourth-order valence-electron chi connectivity index (χ4n) is 13.4. The summed E-state index contributed by atoms with van der Waals surface area (Å²) in [6.07, 6.45) is 6.96. The van der Waals surface area contributed by atoms with Gasteiger partial charge in [-0.05, 0) is 156 Å². The van der Waals surface area contributed by atoms with Gasteiger partial charge in [-0.2, -0.15) is 0 Å². The Morgan fingerprint density at radius 3 is 1.55 bits per heavy atom. The maximum Gasteiger partial charge on any atom is 0.252 e. The Bertz CT molecular complexity index is 4590. The number of rotatable bonds is 6. The van der Waals surface area contributed by atoms with Crippen molar-refractivity contribution in [2.45, 2.75) is 12.8 Å². The van der Waals surface area contributed by atoms with Crippen LogP contribution in [0.25, 0.3) is 94.4 Å². The molecule has 76 heavy (non-hydrogen) atoms. The first-order chi connectivity index (χ1) is 37.7. The van der Waals surface area contributed by atoms with Crippen LogP contribution in [0.3, 0.4) is 0 Å². The van der Waals surface area contributed by atoms with Gasteiger partial charge >= 0.3 is 0 Å². The monoisotopic (exact) mass is 965 g/mol. The molecule has 12 aromatic carbocycles. The second-order valence-corrected chi connectivity index (χ2v) is 20.6. The van der Waals surface area contributed by atoms with E-state index in [1.165, 1.54) is 126 Å². The number of benzene rings is 12. The van der Waals surface area contributed by atoms with Gasteiger partial charge in [-0.3, -0.25) is 0 Å². The fourth-order valence-corrected chi connectivity index (χ4v) is 13.4. The fraction of sp³-hybridized carbons (Fsp3) is 0.0278. The molecule has 0 saturated heterocycles. The minimum absolute atomic E-state index is 0.0258. The quantitative estimate of drug-likeness (QED) is 0.122. The largest absolute Gasteiger partial charge is 0.311 e. The lowest BCUT2D eigenvalue weighted by Gasteiger charge is -2.44. The zero-order valence-electron chi connectivity index (χ0n) is 41.7. The van der Waals surface area contributed by atoms with Crippen molar-refractivity contribution < 1.29 is 0 Å². The molecule has 0 amide bonds. The average molecular weight is 966 g/mol. The van der Waals surface area contributed by atoms with E-state index in [0.717, 1.165) is 29.9 Å². The van der Waals surface area contributed by atoms with Crippen LogP contribution < -0.4 is 36.8 Å². The molecule has 354 valence electrons. The van der Waals surface area contributed by atoms with Crippen LogP contribution in [0.2, 0.25) is 0 Å². The average Bonchev–Trinajstić information content (AvgIpc) is 3.96. The number of aromatic nitrogens is 1. The summed E-state index contributed by atoms with van der Waals surface area (Å²) in [4.78, 5) is 5.09. The summed E-state index contributed by atoms with van der Waals surface area (Å²) in [6, 6.07) is 95.1. The van der Waals surface area contributed by atoms with Gasteiger partial charge in [-0.1, -0.05) is 206 Å². The van der Waals surface area contributed by atoms with Crippen LogP contribution in [-0.2, 0) is 0 Å². The molecular formula is C72H48BN3. The van der Waals surface area contributed by atoms with Gasteiger partial charge in [0.15, 0.2) is 0 Å². The molecule has 3 nitrogen and oxygen atoms in total. The second-order valence-electron chi connectivity index (χ2n) is 20.6. The first-order valence-corrected chi connectivity index (χ1v) is 26.7. The molecule has 0 atom stereocenters. The van der Waals surface area contributed by atoms with E-state index in [9.17, 15) is 0 Å². The highest BCUT2D eigenvalue weighted by atomic mass is 15.2. The predicted octanol–water partition coefficient (Wildman–Crippen LogP) is 15.5. The van der Waals surface area contributed by atoms with Crippen LogP contribution in [0.15, 0.2) is 255 Å². The van der Waals surface area contributed by atoms with Crippen LogP contribution in [0.1, 0.15) is 12.8 Å². The van der Waals surface area contributed by atoms with E-state index in [4.69, 9.17) is 0 Å². The maximum absolute atomic E-state index is 2.57. The number of para-hydroxylation sites is 4. The van der Waals surface area contributed by atoms with Gasteiger partial charge in [0.2, 0.25) is 0 Å². The van der Waals surface area contributed by atoms with Crippen molar-refractivity contribution in [1.82, 2.24) is 4.57 Å². The smallest absolute Gasteiger partial charge is 0.252 e. The molecule has 0 spiro atoms. The molecular weight excluding hydrogens is 918 g/mol. The van der Waals surface area contributed by atoms with E-state index in [1.54, 1.807) is 0 Å². The Hall–Kier alpha value is -9.64. The Kier molecular flexibility index (Phi) is 9.56. The summed E-state index contributed by atoms with van der Waals surface area (Å²) < 4.78 is 2.50. The summed E-state index contributed by atoms with van der Waals surface area (Å²) in [7, 11) is 0. The first-order valence-electron chi connectivity index (χ1n) is 26.7.